The lowest BCUT2D eigenvalue weighted by Gasteiger charge is -2.22. The first-order valence-corrected chi connectivity index (χ1v) is 11.9. The minimum atomic E-state index is -4.57. The molecule has 0 radical (unpaired) electrons. The van der Waals surface area contributed by atoms with Gasteiger partial charge in [0.2, 0.25) is 5.95 Å². The van der Waals surface area contributed by atoms with E-state index in [1.165, 1.54) is 37.7 Å². The van der Waals surface area contributed by atoms with Gasteiger partial charge in [0, 0.05) is 17.6 Å². The van der Waals surface area contributed by atoms with Crippen LogP contribution in [0, 0.1) is 5.92 Å². The van der Waals surface area contributed by atoms with E-state index >= 15 is 0 Å². The number of hydrogen-bond donors (Lipinski definition) is 2. The third-order valence-electron chi connectivity index (χ3n) is 6.17. The molecule has 1 fully saturated rings. The maximum absolute atomic E-state index is 13.6. The number of alkyl halides is 3. The first-order valence-electron chi connectivity index (χ1n) is 11.9. The van der Waals surface area contributed by atoms with Crippen LogP contribution in [0.1, 0.15) is 68.6 Å². The highest BCUT2D eigenvalue weighted by Crippen LogP contribution is 2.36. The summed E-state index contributed by atoms with van der Waals surface area (Å²) < 4.78 is 40.9. The van der Waals surface area contributed by atoms with Gasteiger partial charge in [-0.05, 0) is 66.5 Å². The molecular formula is C27H31F3N4. The third kappa shape index (κ3) is 6.27. The van der Waals surface area contributed by atoms with Gasteiger partial charge in [0.15, 0.2) is 0 Å². The predicted molar refractivity (Wildman–Crippen MR) is 131 cm³/mol. The lowest BCUT2D eigenvalue weighted by Crippen LogP contribution is -2.12. The number of anilines is 4. The van der Waals surface area contributed by atoms with Crippen LogP contribution in [0.15, 0.2) is 54.7 Å². The van der Waals surface area contributed by atoms with E-state index in [0.29, 0.717) is 17.5 Å². The number of nitrogens with zero attached hydrogens (tertiary/aromatic N) is 2. The van der Waals surface area contributed by atoms with Gasteiger partial charge in [0.25, 0.3) is 0 Å². The van der Waals surface area contributed by atoms with Crippen LogP contribution in [-0.2, 0) is 12.6 Å². The first kappa shape index (κ1) is 24.0. The summed E-state index contributed by atoms with van der Waals surface area (Å²) in [6, 6.07) is 15.5. The maximum atomic E-state index is 13.6. The second-order valence-corrected chi connectivity index (χ2v) is 9.46. The smallest absolute Gasteiger partial charge is 0.340 e. The van der Waals surface area contributed by atoms with Crippen molar-refractivity contribution in [3.8, 4) is 0 Å². The molecule has 0 aliphatic heterocycles. The lowest BCUT2D eigenvalue weighted by molar-refractivity contribution is -0.137. The van der Waals surface area contributed by atoms with Crippen molar-refractivity contribution in [2.24, 2.45) is 5.92 Å². The van der Waals surface area contributed by atoms with Crippen LogP contribution in [0.3, 0.4) is 0 Å². The van der Waals surface area contributed by atoms with Crippen LogP contribution in [0.25, 0.3) is 0 Å². The van der Waals surface area contributed by atoms with Crippen LogP contribution in [0.2, 0.25) is 0 Å². The fraction of sp³-hybridized carbons (Fsp3) is 0.407. The Balaban J connectivity index is 1.55. The third-order valence-corrected chi connectivity index (χ3v) is 6.17. The standard InChI is InChI=1S/C27H31F3N4/c1-18(2)15-19-7-6-10-23(16-19)32-25-24(27(28,29)30)17-31-26(34-25)33-22-13-11-21(12-14-22)20-8-4-3-5-9-20/h6-7,10-14,16-18,20H,3-5,8-9,15H2,1-2H3,(H2,31,32,33,34). The molecule has 1 saturated carbocycles. The Morgan fingerprint density at radius 3 is 2.35 bits per heavy atom. The zero-order valence-corrected chi connectivity index (χ0v) is 19.6. The highest BCUT2D eigenvalue weighted by molar-refractivity contribution is 5.63. The molecule has 1 aliphatic rings. The van der Waals surface area contributed by atoms with E-state index in [-0.39, 0.29) is 11.8 Å². The molecule has 0 unspecified atom stereocenters. The molecule has 0 spiro atoms. The minimum absolute atomic E-state index is 0.110. The minimum Gasteiger partial charge on any atom is -0.340 e. The summed E-state index contributed by atoms with van der Waals surface area (Å²) in [6.07, 6.45) is 3.35. The van der Waals surface area contributed by atoms with E-state index in [0.717, 1.165) is 23.9 Å². The van der Waals surface area contributed by atoms with Gasteiger partial charge in [-0.3, -0.25) is 0 Å². The van der Waals surface area contributed by atoms with Gasteiger partial charge in [-0.2, -0.15) is 18.2 Å². The first-order chi connectivity index (χ1) is 16.3. The Morgan fingerprint density at radius 2 is 1.68 bits per heavy atom. The summed E-state index contributed by atoms with van der Waals surface area (Å²) in [4.78, 5) is 8.11. The normalized spacial score (nSPS) is 14.9. The number of aromatic nitrogens is 2. The van der Waals surface area contributed by atoms with Gasteiger partial charge in [-0.15, -0.1) is 0 Å². The summed E-state index contributed by atoms with van der Waals surface area (Å²) in [5.74, 6) is 0.873. The molecular weight excluding hydrogens is 437 g/mol. The Hall–Kier alpha value is -3.09. The topological polar surface area (TPSA) is 49.8 Å². The van der Waals surface area contributed by atoms with Crippen LogP contribution in [0.4, 0.5) is 36.3 Å². The summed E-state index contributed by atoms with van der Waals surface area (Å²) >= 11 is 0. The fourth-order valence-electron chi connectivity index (χ4n) is 4.53. The zero-order valence-electron chi connectivity index (χ0n) is 19.6. The van der Waals surface area contributed by atoms with Gasteiger partial charge < -0.3 is 10.6 Å². The molecule has 3 aromatic rings. The fourth-order valence-corrected chi connectivity index (χ4v) is 4.53. The van der Waals surface area contributed by atoms with Crippen molar-refractivity contribution in [2.75, 3.05) is 10.6 Å². The SMILES string of the molecule is CC(C)Cc1cccc(Nc2nc(Nc3ccc(C4CCCCC4)cc3)ncc2C(F)(F)F)c1. The van der Waals surface area contributed by atoms with Gasteiger partial charge in [-0.1, -0.05) is 57.4 Å². The molecule has 1 aromatic heterocycles. The molecule has 2 N–H and O–H groups in total. The van der Waals surface area contributed by atoms with E-state index in [9.17, 15) is 13.2 Å². The van der Waals surface area contributed by atoms with Crippen molar-refractivity contribution < 1.29 is 13.2 Å². The van der Waals surface area contributed by atoms with E-state index in [4.69, 9.17) is 0 Å². The van der Waals surface area contributed by atoms with E-state index in [1.807, 2.05) is 30.3 Å². The largest absolute Gasteiger partial charge is 0.421 e. The van der Waals surface area contributed by atoms with Crippen molar-refractivity contribution in [2.45, 2.75) is 64.5 Å². The van der Waals surface area contributed by atoms with Crippen LogP contribution in [-0.4, -0.2) is 9.97 Å². The van der Waals surface area contributed by atoms with Gasteiger partial charge in [0.1, 0.15) is 11.4 Å². The van der Waals surface area contributed by atoms with E-state index in [2.05, 4.69) is 46.6 Å². The Bertz CT molecular complexity index is 1090. The molecule has 0 atom stereocenters. The predicted octanol–water partition coefficient (Wildman–Crippen LogP) is 8.23. The summed E-state index contributed by atoms with van der Waals surface area (Å²) in [6.45, 7) is 4.21. The summed E-state index contributed by atoms with van der Waals surface area (Å²) in [5.41, 5.74) is 2.76. The number of benzene rings is 2. The molecule has 180 valence electrons. The Labute approximate surface area is 199 Å². The van der Waals surface area contributed by atoms with Crippen LogP contribution < -0.4 is 10.6 Å². The van der Waals surface area contributed by atoms with E-state index < -0.39 is 11.7 Å². The highest BCUT2D eigenvalue weighted by atomic mass is 19.4. The van der Waals surface area contributed by atoms with Crippen molar-refractivity contribution >= 4 is 23.1 Å². The quantitative estimate of drug-likeness (QED) is 0.367. The molecule has 34 heavy (non-hydrogen) atoms. The summed E-state index contributed by atoms with van der Waals surface area (Å²) in [5, 5.41) is 5.91. The highest BCUT2D eigenvalue weighted by Gasteiger charge is 2.35. The average molecular weight is 469 g/mol. The van der Waals surface area contributed by atoms with Crippen molar-refractivity contribution in [1.29, 1.82) is 0 Å². The Morgan fingerprint density at radius 1 is 0.941 bits per heavy atom. The Kier molecular flexibility index (Phi) is 7.39. The molecule has 4 rings (SSSR count). The number of halogens is 3. The summed E-state index contributed by atoms with van der Waals surface area (Å²) in [7, 11) is 0. The second kappa shape index (κ2) is 10.5. The zero-order chi connectivity index (χ0) is 24.1. The number of hydrogen-bond acceptors (Lipinski definition) is 4. The van der Waals surface area contributed by atoms with Crippen molar-refractivity contribution in [1.82, 2.24) is 9.97 Å². The second-order valence-electron chi connectivity index (χ2n) is 9.46. The average Bonchev–Trinajstić information content (AvgIpc) is 2.79. The number of nitrogens with one attached hydrogen (secondary N) is 2. The van der Waals surface area contributed by atoms with Crippen molar-refractivity contribution in [3.05, 3.63) is 71.4 Å². The molecule has 0 bridgehead atoms. The molecule has 1 aliphatic carbocycles. The molecule has 7 heteroatoms. The number of rotatable bonds is 7. The molecule has 4 nitrogen and oxygen atoms in total. The molecule has 2 aromatic carbocycles. The van der Waals surface area contributed by atoms with Crippen LogP contribution >= 0.6 is 0 Å². The van der Waals surface area contributed by atoms with E-state index in [1.54, 1.807) is 6.07 Å². The molecule has 1 heterocycles. The van der Waals surface area contributed by atoms with Gasteiger partial charge in [0.05, 0.1) is 0 Å². The molecule has 0 amide bonds. The molecule has 0 saturated heterocycles. The lowest BCUT2D eigenvalue weighted by atomic mass is 9.84. The van der Waals surface area contributed by atoms with Gasteiger partial charge >= 0.3 is 6.18 Å². The van der Waals surface area contributed by atoms with Crippen LogP contribution in [0.5, 0.6) is 0 Å². The monoisotopic (exact) mass is 468 g/mol. The maximum Gasteiger partial charge on any atom is 0.421 e. The van der Waals surface area contributed by atoms with Crippen molar-refractivity contribution in [3.63, 3.8) is 0 Å². The van der Waals surface area contributed by atoms with Gasteiger partial charge in [-0.25, -0.2) is 4.98 Å².